The zero-order valence-corrected chi connectivity index (χ0v) is 15.3. The first-order valence-corrected chi connectivity index (χ1v) is 8.38. The number of carbonyl (C=O) groups is 1. The largest absolute Gasteiger partial charge is 0.348 e. The van der Waals surface area contributed by atoms with Gasteiger partial charge in [-0.1, -0.05) is 12.1 Å². The van der Waals surface area contributed by atoms with Gasteiger partial charge in [0.1, 0.15) is 11.5 Å². The molecule has 1 aromatic carbocycles. The summed E-state index contributed by atoms with van der Waals surface area (Å²) in [6.45, 7) is 1.64. The van der Waals surface area contributed by atoms with E-state index in [0.717, 1.165) is 25.7 Å². The number of hydrogen-bond acceptors (Lipinski definition) is 4. The van der Waals surface area contributed by atoms with Crippen LogP contribution in [0.1, 0.15) is 41.9 Å². The lowest BCUT2D eigenvalue weighted by molar-refractivity contribution is 0.0917. The van der Waals surface area contributed by atoms with Crippen molar-refractivity contribution in [1.82, 2.24) is 15.1 Å². The average Bonchev–Trinajstić information content (AvgIpc) is 2.58. The number of aryl methyl sites for hydroxylation is 1. The summed E-state index contributed by atoms with van der Waals surface area (Å²) in [5, 5.41) is 6.96. The average molecular weight is 381 g/mol. The van der Waals surface area contributed by atoms with Gasteiger partial charge in [-0.05, 0) is 44.7 Å². The summed E-state index contributed by atoms with van der Waals surface area (Å²) >= 11 is 0. The molecule has 26 heavy (non-hydrogen) atoms. The summed E-state index contributed by atoms with van der Waals surface area (Å²) in [5.74, 6) is -1.01. The molecule has 2 aromatic rings. The number of benzene rings is 1. The molecule has 0 aliphatic heterocycles. The third-order valence-electron chi connectivity index (χ3n) is 4.51. The molecule has 1 heterocycles. The van der Waals surface area contributed by atoms with E-state index < -0.39 is 17.2 Å². The van der Waals surface area contributed by atoms with Crippen LogP contribution in [-0.2, 0) is 0 Å². The first kappa shape index (κ1) is 20.1. The zero-order chi connectivity index (χ0) is 18.0. The molecule has 1 saturated carbocycles. The monoisotopic (exact) mass is 380 g/mol. The smallest absolute Gasteiger partial charge is 0.276 e. The number of hydrogen-bond donors (Lipinski definition) is 2. The van der Waals surface area contributed by atoms with Crippen LogP contribution in [0.4, 0.5) is 4.39 Å². The Hall–Kier alpha value is -2.25. The second-order valence-electron chi connectivity index (χ2n) is 6.45. The van der Waals surface area contributed by atoms with Gasteiger partial charge in [0.05, 0.1) is 0 Å². The molecule has 1 amide bonds. The number of nitrogens with one attached hydrogen (secondary N) is 1. The van der Waals surface area contributed by atoms with Crippen LogP contribution in [0, 0.1) is 12.7 Å². The first-order valence-electron chi connectivity index (χ1n) is 8.38. The van der Waals surface area contributed by atoms with Crippen molar-refractivity contribution >= 4 is 18.3 Å². The van der Waals surface area contributed by atoms with E-state index in [1.807, 2.05) is 0 Å². The number of aromatic nitrogens is 2. The Labute approximate surface area is 157 Å². The fourth-order valence-corrected chi connectivity index (χ4v) is 3.09. The summed E-state index contributed by atoms with van der Waals surface area (Å²) in [5.41, 5.74) is 5.80. The van der Waals surface area contributed by atoms with E-state index in [-0.39, 0.29) is 35.9 Å². The van der Waals surface area contributed by atoms with Crippen molar-refractivity contribution in [3.8, 4) is 5.69 Å². The maximum absolute atomic E-state index is 14.0. The Morgan fingerprint density at radius 2 is 1.92 bits per heavy atom. The SMILES string of the molecule is Cc1cc(=O)c(C(=O)NC2CCC(N)CC2)nn1-c1ccccc1F.Cl. The Kier molecular flexibility index (Phi) is 6.50. The molecule has 1 aromatic heterocycles. The number of para-hydroxylation sites is 1. The Bertz CT molecular complexity index is 847. The van der Waals surface area contributed by atoms with E-state index in [1.54, 1.807) is 25.1 Å². The van der Waals surface area contributed by atoms with Crippen LogP contribution in [0.5, 0.6) is 0 Å². The van der Waals surface area contributed by atoms with E-state index in [4.69, 9.17) is 5.73 Å². The minimum absolute atomic E-state index is 0. The summed E-state index contributed by atoms with van der Waals surface area (Å²) in [6, 6.07) is 7.54. The van der Waals surface area contributed by atoms with Gasteiger partial charge in [0.2, 0.25) is 5.43 Å². The van der Waals surface area contributed by atoms with Crippen LogP contribution in [0.25, 0.3) is 5.69 Å². The standard InChI is InChI=1S/C18H21FN4O2.ClH/c1-11-10-16(24)17(18(25)21-13-8-6-12(20)7-9-13)22-23(11)15-5-3-2-4-14(15)19;/h2-5,10,12-13H,6-9,20H2,1H3,(H,21,25);1H. The molecular weight excluding hydrogens is 359 g/mol. The van der Waals surface area contributed by atoms with Gasteiger partial charge in [-0.3, -0.25) is 9.59 Å². The molecule has 140 valence electrons. The number of nitrogens with zero attached hydrogens (tertiary/aromatic N) is 2. The second kappa shape index (κ2) is 8.42. The molecule has 1 fully saturated rings. The maximum Gasteiger partial charge on any atom is 0.276 e. The molecule has 0 unspecified atom stereocenters. The highest BCUT2D eigenvalue weighted by atomic mass is 35.5. The molecule has 0 bridgehead atoms. The van der Waals surface area contributed by atoms with Gasteiger partial charge in [-0.15, -0.1) is 12.4 Å². The second-order valence-corrected chi connectivity index (χ2v) is 6.45. The van der Waals surface area contributed by atoms with Gasteiger partial charge in [0.15, 0.2) is 5.69 Å². The quantitative estimate of drug-likeness (QED) is 0.853. The Morgan fingerprint density at radius 3 is 2.58 bits per heavy atom. The highest BCUT2D eigenvalue weighted by Crippen LogP contribution is 2.17. The van der Waals surface area contributed by atoms with Crippen molar-refractivity contribution in [3.05, 3.63) is 57.8 Å². The first-order chi connectivity index (χ1) is 12.0. The summed E-state index contributed by atoms with van der Waals surface area (Å²) in [6.07, 6.45) is 3.23. The fourth-order valence-electron chi connectivity index (χ4n) is 3.09. The van der Waals surface area contributed by atoms with Crippen LogP contribution in [0.3, 0.4) is 0 Å². The van der Waals surface area contributed by atoms with Crippen molar-refractivity contribution in [3.63, 3.8) is 0 Å². The lowest BCUT2D eigenvalue weighted by Gasteiger charge is -2.26. The molecule has 3 rings (SSSR count). The van der Waals surface area contributed by atoms with Gasteiger partial charge < -0.3 is 11.1 Å². The normalized spacial score (nSPS) is 19.5. The zero-order valence-electron chi connectivity index (χ0n) is 14.4. The minimum atomic E-state index is -0.532. The predicted molar refractivity (Wildman–Crippen MR) is 99.5 cm³/mol. The third-order valence-corrected chi connectivity index (χ3v) is 4.51. The van der Waals surface area contributed by atoms with E-state index in [2.05, 4.69) is 10.4 Å². The van der Waals surface area contributed by atoms with Crippen molar-refractivity contribution in [2.24, 2.45) is 5.73 Å². The van der Waals surface area contributed by atoms with E-state index in [0.29, 0.717) is 5.69 Å². The van der Waals surface area contributed by atoms with Crippen LogP contribution >= 0.6 is 12.4 Å². The van der Waals surface area contributed by atoms with Crippen molar-refractivity contribution in [2.75, 3.05) is 0 Å². The highest BCUT2D eigenvalue weighted by Gasteiger charge is 2.23. The lowest BCUT2D eigenvalue weighted by Crippen LogP contribution is -2.42. The van der Waals surface area contributed by atoms with Gasteiger partial charge >= 0.3 is 0 Å². The third kappa shape index (κ3) is 4.28. The Balaban J connectivity index is 0.00000243. The lowest BCUT2D eigenvalue weighted by atomic mass is 9.92. The molecule has 1 aliphatic carbocycles. The molecule has 1 aliphatic rings. The fraction of sp³-hybridized carbons (Fsp3) is 0.389. The van der Waals surface area contributed by atoms with Gasteiger partial charge in [-0.25, -0.2) is 9.07 Å². The summed E-state index contributed by atoms with van der Waals surface area (Å²) < 4.78 is 15.3. The van der Waals surface area contributed by atoms with Gasteiger partial charge in [0, 0.05) is 23.8 Å². The minimum Gasteiger partial charge on any atom is -0.348 e. The van der Waals surface area contributed by atoms with Gasteiger partial charge in [0.25, 0.3) is 5.91 Å². The number of carbonyl (C=O) groups excluding carboxylic acids is 1. The molecule has 8 heteroatoms. The van der Waals surface area contributed by atoms with Crippen molar-refractivity contribution < 1.29 is 9.18 Å². The number of halogens is 2. The maximum atomic E-state index is 14.0. The van der Waals surface area contributed by atoms with Crippen LogP contribution in [0.15, 0.2) is 35.1 Å². The van der Waals surface area contributed by atoms with Gasteiger partial charge in [-0.2, -0.15) is 5.10 Å². The highest BCUT2D eigenvalue weighted by molar-refractivity contribution is 5.92. The number of nitrogens with two attached hydrogens (primary N) is 1. The Morgan fingerprint density at radius 1 is 1.27 bits per heavy atom. The topological polar surface area (TPSA) is 90.0 Å². The predicted octanol–water partition coefficient (Wildman–Crippen LogP) is 2.10. The van der Waals surface area contributed by atoms with E-state index >= 15 is 0 Å². The summed E-state index contributed by atoms with van der Waals surface area (Å²) in [7, 11) is 0. The molecule has 6 nitrogen and oxygen atoms in total. The van der Waals surface area contributed by atoms with Crippen LogP contribution in [-0.4, -0.2) is 27.8 Å². The van der Waals surface area contributed by atoms with E-state index in [9.17, 15) is 14.0 Å². The van der Waals surface area contributed by atoms with Crippen LogP contribution in [0.2, 0.25) is 0 Å². The molecule has 0 radical (unpaired) electrons. The van der Waals surface area contributed by atoms with Crippen molar-refractivity contribution in [2.45, 2.75) is 44.7 Å². The molecule has 0 spiro atoms. The van der Waals surface area contributed by atoms with Crippen LogP contribution < -0.4 is 16.5 Å². The molecular formula is C18H22ClFN4O2. The van der Waals surface area contributed by atoms with E-state index in [1.165, 1.54) is 16.8 Å². The molecule has 0 saturated heterocycles. The molecule has 3 N–H and O–H groups in total. The molecule has 0 atom stereocenters. The number of rotatable bonds is 3. The summed E-state index contributed by atoms with van der Waals surface area (Å²) in [4.78, 5) is 24.7. The van der Waals surface area contributed by atoms with Crippen molar-refractivity contribution in [1.29, 1.82) is 0 Å². The number of amides is 1.